The van der Waals surface area contributed by atoms with E-state index < -0.39 is 16.1 Å². The number of hydrogen-bond donors (Lipinski definition) is 3. The quantitative estimate of drug-likeness (QED) is 0.735. The Morgan fingerprint density at radius 3 is 2.22 bits per heavy atom. The van der Waals surface area contributed by atoms with E-state index in [0.717, 1.165) is 0 Å². The third kappa shape index (κ3) is 4.34. The molecule has 0 fully saturated rings. The Morgan fingerprint density at radius 1 is 1.28 bits per heavy atom. The van der Waals surface area contributed by atoms with Gasteiger partial charge in [-0.05, 0) is 38.1 Å². The Kier molecular flexibility index (Phi) is 4.69. The molecule has 0 aromatic heterocycles. The molecule has 0 saturated heterocycles. The van der Waals surface area contributed by atoms with E-state index >= 15 is 0 Å². The SMILES string of the molecule is CCS(=O)(=O)Nc1ccc(NC(=O)C(C)N)cc1. The summed E-state index contributed by atoms with van der Waals surface area (Å²) in [5.41, 5.74) is 6.43. The molecule has 7 heteroatoms. The van der Waals surface area contributed by atoms with Crippen LogP contribution in [0.2, 0.25) is 0 Å². The lowest BCUT2D eigenvalue weighted by atomic mass is 10.2. The van der Waals surface area contributed by atoms with Gasteiger partial charge in [0.05, 0.1) is 11.8 Å². The Morgan fingerprint density at radius 2 is 1.78 bits per heavy atom. The normalized spacial score (nSPS) is 12.8. The first kappa shape index (κ1) is 14.5. The van der Waals surface area contributed by atoms with Gasteiger partial charge in [-0.15, -0.1) is 0 Å². The van der Waals surface area contributed by atoms with Crippen molar-refractivity contribution in [2.45, 2.75) is 19.9 Å². The highest BCUT2D eigenvalue weighted by molar-refractivity contribution is 7.92. The number of carbonyl (C=O) groups is 1. The largest absolute Gasteiger partial charge is 0.325 e. The second-order valence-electron chi connectivity index (χ2n) is 3.86. The number of nitrogens with two attached hydrogens (primary N) is 1. The number of sulfonamides is 1. The van der Waals surface area contributed by atoms with Crippen LogP contribution in [0.25, 0.3) is 0 Å². The molecule has 100 valence electrons. The van der Waals surface area contributed by atoms with Gasteiger partial charge in [0.2, 0.25) is 15.9 Å². The van der Waals surface area contributed by atoms with E-state index in [-0.39, 0.29) is 11.7 Å². The molecule has 1 aromatic rings. The third-order valence-corrected chi connectivity index (χ3v) is 3.53. The summed E-state index contributed by atoms with van der Waals surface area (Å²) < 4.78 is 25.1. The van der Waals surface area contributed by atoms with Crippen LogP contribution >= 0.6 is 0 Å². The number of anilines is 2. The third-order valence-electron chi connectivity index (χ3n) is 2.22. The highest BCUT2D eigenvalue weighted by atomic mass is 32.2. The molecule has 0 aliphatic heterocycles. The van der Waals surface area contributed by atoms with E-state index in [1.54, 1.807) is 38.1 Å². The molecule has 0 aliphatic carbocycles. The molecule has 4 N–H and O–H groups in total. The maximum absolute atomic E-state index is 11.3. The van der Waals surface area contributed by atoms with Crippen LogP contribution in [0.3, 0.4) is 0 Å². The average Bonchev–Trinajstić information content (AvgIpc) is 2.31. The van der Waals surface area contributed by atoms with Crippen LogP contribution in [0.1, 0.15) is 13.8 Å². The minimum absolute atomic E-state index is 0.0101. The predicted octanol–water partition coefficient (Wildman–Crippen LogP) is 0.734. The molecule has 0 spiro atoms. The summed E-state index contributed by atoms with van der Waals surface area (Å²) in [6.07, 6.45) is 0. The summed E-state index contributed by atoms with van der Waals surface area (Å²) in [4.78, 5) is 11.3. The van der Waals surface area contributed by atoms with Crippen LogP contribution in [0.15, 0.2) is 24.3 Å². The molecule has 1 atom stereocenters. The zero-order valence-electron chi connectivity index (χ0n) is 10.3. The number of nitrogens with one attached hydrogen (secondary N) is 2. The molecular formula is C11H17N3O3S. The van der Waals surface area contributed by atoms with Crippen molar-refractivity contribution in [1.82, 2.24) is 0 Å². The lowest BCUT2D eigenvalue weighted by Crippen LogP contribution is -2.32. The highest BCUT2D eigenvalue weighted by Crippen LogP contribution is 2.14. The van der Waals surface area contributed by atoms with E-state index in [4.69, 9.17) is 5.73 Å². The molecule has 0 aliphatic rings. The Hall–Kier alpha value is -1.60. The van der Waals surface area contributed by atoms with Crippen LogP contribution < -0.4 is 15.8 Å². The summed E-state index contributed by atoms with van der Waals surface area (Å²) >= 11 is 0. The highest BCUT2D eigenvalue weighted by Gasteiger charge is 2.08. The van der Waals surface area contributed by atoms with Crippen LogP contribution in [0, 0.1) is 0 Å². The first-order chi connectivity index (χ1) is 8.34. The number of rotatable bonds is 5. The molecule has 6 nitrogen and oxygen atoms in total. The van der Waals surface area contributed by atoms with E-state index in [1.807, 2.05) is 0 Å². The lowest BCUT2D eigenvalue weighted by Gasteiger charge is -2.09. The number of carbonyl (C=O) groups excluding carboxylic acids is 1. The Bertz CT molecular complexity index is 509. The molecule has 1 rings (SSSR count). The molecule has 0 saturated carbocycles. The topological polar surface area (TPSA) is 101 Å². The van der Waals surface area contributed by atoms with Crippen molar-refractivity contribution in [1.29, 1.82) is 0 Å². The molecule has 18 heavy (non-hydrogen) atoms. The van der Waals surface area contributed by atoms with Gasteiger partial charge in [0.15, 0.2) is 0 Å². The minimum Gasteiger partial charge on any atom is -0.325 e. The molecular weight excluding hydrogens is 254 g/mol. The fraction of sp³-hybridized carbons (Fsp3) is 0.364. The van der Waals surface area contributed by atoms with E-state index in [9.17, 15) is 13.2 Å². The second-order valence-corrected chi connectivity index (χ2v) is 5.87. The molecule has 0 bridgehead atoms. The summed E-state index contributed by atoms with van der Waals surface area (Å²) in [6.45, 7) is 3.14. The van der Waals surface area contributed by atoms with Gasteiger partial charge >= 0.3 is 0 Å². The van der Waals surface area contributed by atoms with Gasteiger partial charge in [-0.3, -0.25) is 9.52 Å². The van der Waals surface area contributed by atoms with Gasteiger partial charge in [0.1, 0.15) is 0 Å². The first-order valence-electron chi connectivity index (χ1n) is 5.51. The van der Waals surface area contributed by atoms with Crippen molar-refractivity contribution >= 4 is 27.3 Å². The minimum atomic E-state index is -3.28. The lowest BCUT2D eigenvalue weighted by molar-refractivity contribution is -0.117. The molecule has 1 aromatic carbocycles. The summed E-state index contributed by atoms with van der Waals surface area (Å²) in [6, 6.07) is 5.76. The van der Waals surface area contributed by atoms with Gasteiger partial charge < -0.3 is 11.1 Å². The Labute approximate surface area is 107 Å². The van der Waals surface area contributed by atoms with Gasteiger partial charge in [-0.25, -0.2) is 8.42 Å². The second kappa shape index (κ2) is 5.83. The Balaban J connectivity index is 2.72. The zero-order valence-corrected chi connectivity index (χ0v) is 11.1. The maximum Gasteiger partial charge on any atom is 0.240 e. The number of hydrogen-bond acceptors (Lipinski definition) is 4. The number of benzene rings is 1. The van der Waals surface area contributed by atoms with Crippen molar-refractivity contribution < 1.29 is 13.2 Å². The van der Waals surface area contributed by atoms with Crippen LogP contribution in [0.5, 0.6) is 0 Å². The fourth-order valence-electron chi connectivity index (χ4n) is 1.13. The standard InChI is InChI=1S/C11H17N3O3S/c1-3-18(16,17)14-10-6-4-9(5-7-10)13-11(15)8(2)12/h4-8,14H,3,12H2,1-2H3,(H,13,15). The van der Waals surface area contributed by atoms with Crippen LogP contribution in [-0.2, 0) is 14.8 Å². The van der Waals surface area contributed by atoms with Crippen molar-refractivity contribution in [3.8, 4) is 0 Å². The zero-order chi connectivity index (χ0) is 13.8. The van der Waals surface area contributed by atoms with Gasteiger partial charge in [-0.2, -0.15) is 0 Å². The van der Waals surface area contributed by atoms with Crippen molar-refractivity contribution in [3.05, 3.63) is 24.3 Å². The molecule has 0 radical (unpaired) electrons. The summed E-state index contributed by atoms with van der Waals surface area (Å²) in [5.74, 6) is -0.284. The van der Waals surface area contributed by atoms with E-state index in [1.165, 1.54) is 0 Å². The molecule has 1 amide bonds. The fourth-order valence-corrected chi connectivity index (χ4v) is 1.77. The van der Waals surface area contributed by atoms with Gasteiger partial charge in [-0.1, -0.05) is 0 Å². The molecule has 0 heterocycles. The van der Waals surface area contributed by atoms with E-state index in [2.05, 4.69) is 10.0 Å². The van der Waals surface area contributed by atoms with E-state index in [0.29, 0.717) is 11.4 Å². The summed E-state index contributed by atoms with van der Waals surface area (Å²) in [7, 11) is -3.28. The van der Waals surface area contributed by atoms with Crippen molar-refractivity contribution in [2.75, 3.05) is 15.8 Å². The summed E-state index contributed by atoms with van der Waals surface area (Å²) in [5, 5.41) is 2.60. The van der Waals surface area contributed by atoms with Gasteiger partial charge in [0, 0.05) is 11.4 Å². The van der Waals surface area contributed by atoms with Gasteiger partial charge in [0.25, 0.3) is 0 Å². The van der Waals surface area contributed by atoms with Crippen LogP contribution in [0.4, 0.5) is 11.4 Å². The van der Waals surface area contributed by atoms with Crippen molar-refractivity contribution in [2.24, 2.45) is 5.73 Å². The maximum atomic E-state index is 11.3. The number of amides is 1. The first-order valence-corrected chi connectivity index (χ1v) is 7.16. The van der Waals surface area contributed by atoms with Crippen molar-refractivity contribution in [3.63, 3.8) is 0 Å². The monoisotopic (exact) mass is 271 g/mol. The predicted molar refractivity (Wildman–Crippen MR) is 71.8 cm³/mol. The average molecular weight is 271 g/mol. The molecule has 1 unspecified atom stereocenters. The smallest absolute Gasteiger partial charge is 0.240 e. The van der Waals surface area contributed by atoms with Crippen LogP contribution in [-0.4, -0.2) is 26.1 Å².